The molecule has 6 nitrogen and oxygen atoms in total. The highest BCUT2D eigenvalue weighted by molar-refractivity contribution is 5.79. The van der Waals surface area contributed by atoms with Crippen molar-refractivity contribution in [3.05, 3.63) is 24.0 Å². The minimum atomic E-state index is 0.0721. The summed E-state index contributed by atoms with van der Waals surface area (Å²) in [7, 11) is 5.39. The fourth-order valence-electron chi connectivity index (χ4n) is 1.84. The molecular weight excluding hydrogens is 242 g/mol. The van der Waals surface area contributed by atoms with E-state index < -0.39 is 0 Å². The molecule has 0 radical (unpaired) electrons. The van der Waals surface area contributed by atoms with Gasteiger partial charge in [-0.2, -0.15) is 0 Å². The minimum absolute atomic E-state index is 0.0721. The molecule has 2 aromatic rings. The van der Waals surface area contributed by atoms with Crippen molar-refractivity contribution in [3.63, 3.8) is 0 Å². The number of benzene rings is 1. The number of nitrogen functional groups attached to an aromatic ring is 1. The number of hydrogen-bond acceptors (Lipinski definition) is 4. The lowest BCUT2D eigenvalue weighted by Crippen LogP contribution is -2.34. The number of fused-ring (bicyclic) bond motifs is 1. The van der Waals surface area contributed by atoms with Crippen LogP contribution in [0.15, 0.2) is 18.2 Å². The lowest BCUT2D eigenvalue weighted by atomic mass is 10.3. The van der Waals surface area contributed by atoms with Gasteiger partial charge in [0.2, 0.25) is 5.91 Å². The summed E-state index contributed by atoms with van der Waals surface area (Å²) in [6, 6.07) is 5.57. The van der Waals surface area contributed by atoms with Crippen LogP contribution in [0.4, 0.5) is 5.69 Å². The Hall–Kier alpha value is -2.08. The molecule has 19 heavy (non-hydrogen) atoms. The van der Waals surface area contributed by atoms with Crippen molar-refractivity contribution in [1.29, 1.82) is 0 Å². The molecule has 0 fully saturated rings. The van der Waals surface area contributed by atoms with E-state index in [4.69, 9.17) is 5.73 Å². The zero-order chi connectivity index (χ0) is 14.0. The van der Waals surface area contributed by atoms with Crippen molar-refractivity contribution in [3.8, 4) is 0 Å². The summed E-state index contributed by atoms with van der Waals surface area (Å²) in [6.45, 7) is 0.959. The van der Waals surface area contributed by atoms with E-state index in [2.05, 4.69) is 9.97 Å². The molecule has 3 N–H and O–H groups in total. The molecule has 1 aromatic carbocycles. The number of aromatic amines is 1. The number of aromatic nitrogens is 2. The van der Waals surface area contributed by atoms with Crippen LogP contribution in [0.2, 0.25) is 0 Å². The van der Waals surface area contributed by atoms with Gasteiger partial charge in [-0.3, -0.25) is 9.69 Å². The molecular formula is C13H19N5O. The maximum Gasteiger partial charge on any atom is 0.236 e. The highest BCUT2D eigenvalue weighted by Gasteiger charge is 2.11. The van der Waals surface area contributed by atoms with Gasteiger partial charge in [-0.15, -0.1) is 0 Å². The molecule has 0 atom stereocenters. The van der Waals surface area contributed by atoms with Crippen molar-refractivity contribution in [2.24, 2.45) is 0 Å². The number of amides is 1. The van der Waals surface area contributed by atoms with Gasteiger partial charge in [0.1, 0.15) is 5.82 Å². The second kappa shape index (κ2) is 5.27. The first kappa shape index (κ1) is 13.4. The summed E-state index contributed by atoms with van der Waals surface area (Å²) >= 11 is 0. The number of H-pyrrole nitrogens is 1. The van der Waals surface area contributed by atoms with Crippen LogP contribution in [-0.2, 0) is 11.3 Å². The number of rotatable bonds is 4. The van der Waals surface area contributed by atoms with Crippen LogP contribution in [0, 0.1) is 0 Å². The van der Waals surface area contributed by atoms with Crippen LogP contribution in [-0.4, -0.2) is 53.4 Å². The normalized spacial score (nSPS) is 11.2. The molecule has 1 heterocycles. The Bertz CT molecular complexity index is 590. The predicted molar refractivity (Wildman–Crippen MR) is 75.5 cm³/mol. The smallest absolute Gasteiger partial charge is 0.236 e. The molecule has 6 heteroatoms. The van der Waals surface area contributed by atoms with E-state index in [1.165, 1.54) is 0 Å². The molecule has 1 aromatic heterocycles. The van der Waals surface area contributed by atoms with E-state index >= 15 is 0 Å². The monoisotopic (exact) mass is 261 g/mol. The second-order valence-corrected chi connectivity index (χ2v) is 4.92. The lowest BCUT2D eigenvalue weighted by molar-refractivity contribution is -0.129. The predicted octanol–water partition coefficient (Wildman–Crippen LogP) is 0.665. The average Bonchev–Trinajstić information content (AvgIpc) is 2.69. The molecule has 102 valence electrons. The van der Waals surface area contributed by atoms with Gasteiger partial charge < -0.3 is 15.6 Å². The van der Waals surface area contributed by atoms with Crippen molar-refractivity contribution in [2.75, 3.05) is 33.4 Å². The Morgan fingerprint density at radius 1 is 1.37 bits per heavy atom. The first-order valence-corrected chi connectivity index (χ1v) is 6.08. The SMILES string of the molecule is CN(CC(=O)N(C)C)Cc1nc2ccc(N)cc2[nH]1. The van der Waals surface area contributed by atoms with Gasteiger partial charge in [-0.25, -0.2) is 4.98 Å². The average molecular weight is 261 g/mol. The van der Waals surface area contributed by atoms with Gasteiger partial charge in [0, 0.05) is 19.8 Å². The van der Waals surface area contributed by atoms with Crippen molar-refractivity contribution in [1.82, 2.24) is 19.8 Å². The van der Waals surface area contributed by atoms with Crippen LogP contribution >= 0.6 is 0 Å². The van der Waals surface area contributed by atoms with Crippen LogP contribution in [0.1, 0.15) is 5.82 Å². The number of nitrogens with zero attached hydrogens (tertiary/aromatic N) is 3. The van der Waals surface area contributed by atoms with E-state index in [1.54, 1.807) is 19.0 Å². The van der Waals surface area contributed by atoms with Crippen molar-refractivity contribution < 1.29 is 4.79 Å². The second-order valence-electron chi connectivity index (χ2n) is 4.92. The molecule has 1 amide bonds. The van der Waals surface area contributed by atoms with Gasteiger partial charge in [0.25, 0.3) is 0 Å². The Balaban J connectivity index is 2.06. The molecule has 2 rings (SSSR count). The fraction of sp³-hybridized carbons (Fsp3) is 0.385. The zero-order valence-electron chi connectivity index (χ0n) is 11.5. The largest absolute Gasteiger partial charge is 0.399 e. The Morgan fingerprint density at radius 3 is 2.79 bits per heavy atom. The van der Waals surface area contributed by atoms with Gasteiger partial charge in [-0.1, -0.05) is 0 Å². The quantitative estimate of drug-likeness (QED) is 0.793. The summed E-state index contributed by atoms with van der Waals surface area (Å²) in [4.78, 5) is 22.8. The number of carbonyl (C=O) groups is 1. The standard InChI is InChI=1S/C13H19N5O/c1-17(2)13(19)8-18(3)7-12-15-10-5-4-9(14)6-11(10)16-12/h4-6H,7-8,14H2,1-3H3,(H,15,16). The molecule has 0 unspecified atom stereocenters. The maximum atomic E-state index is 11.6. The molecule has 0 aliphatic rings. The molecule has 0 saturated heterocycles. The van der Waals surface area contributed by atoms with Crippen LogP contribution in [0.3, 0.4) is 0 Å². The van der Waals surface area contributed by atoms with E-state index in [9.17, 15) is 4.79 Å². The van der Waals surface area contributed by atoms with Gasteiger partial charge in [-0.05, 0) is 25.2 Å². The molecule has 0 aliphatic carbocycles. The van der Waals surface area contributed by atoms with Gasteiger partial charge in [0.15, 0.2) is 0 Å². The number of likely N-dealkylation sites (N-methyl/N-ethyl adjacent to an activating group) is 2. The number of nitrogens with one attached hydrogen (secondary N) is 1. The van der Waals surface area contributed by atoms with E-state index in [-0.39, 0.29) is 5.91 Å². The van der Waals surface area contributed by atoms with Gasteiger partial charge >= 0.3 is 0 Å². The first-order valence-electron chi connectivity index (χ1n) is 6.08. The summed E-state index contributed by atoms with van der Waals surface area (Å²) in [5.74, 6) is 0.900. The van der Waals surface area contributed by atoms with E-state index in [0.717, 1.165) is 16.9 Å². The summed E-state index contributed by atoms with van der Waals surface area (Å²) in [5, 5.41) is 0. The highest BCUT2D eigenvalue weighted by Crippen LogP contribution is 2.15. The van der Waals surface area contributed by atoms with E-state index in [1.807, 2.05) is 30.1 Å². The Kier molecular flexibility index (Phi) is 3.71. The number of hydrogen-bond donors (Lipinski definition) is 2. The van der Waals surface area contributed by atoms with Crippen LogP contribution in [0.5, 0.6) is 0 Å². The summed E-state index contributed by atoms with van der Waals surface area (Å²) in [6.07, 6.45) is 0. The third-order valence-electron chi connectivity index (χ3n) is 2.88. The number of nitrogens with two attached hydrogens (primary N) is 1. The zero-order valence-corrected chi connectivity index (χ0v) is 11.5. The Labute approximate surface area is 112 Å². The Morgan fingerprint density at radius 2 is 2.11 bits per heavy atom. The minimum Gasteiger partial charge on any atom is -0.399 e. The summed E-state index contributed by atoms with van der Waals surface area (Å²) in [5.41, 5.74) is 8.24. The fourth-order valence-corrected chi connectivity index (χ4v) is 1.84. The molecule has 0 saturated carbocycles. The van der Waals surface area contributed by atoms with Crippen LogP contribution in [0.25, 0.3) is 11.0 Å². The van der Waals surface area contributed by atoms with E-state index in [0.29, 0.717) is 18.8 Å². The van der Waals surface area contributed by atoms with Crippen molar-refractivity contribution >= 4 is 22.6 Å². The third kappa shape index (κ3) is 3.23. The van der Waals surface area contributed by atoms with Crippen molar-refractivity contribution in [2.45, 2.75) is 6.54 Å². The van der Waals surface area contributed by atoms with Crippen LogP contribution < -0.4 is 5.73 Å². The number of carbonyl (C=O) groups excluding carboxylic acids is 1. The number of imidazole rings is 1. The molecule has 0 bridgehead atoms. The first-order chi connectivity index (χ1) is 8.95. The topological polar surface area (TPSA) is 78.2 Å². The number of anilines is 1. The molecule has 0 spiro atoms. The lowest BCUT2D eigenvalue weighted by Gasteiger charge is -2.17. The van der Waals surface area contributed by atoms with Gasteiger partial charge in [0.05, 0.1) is 24.1 Å². The highest BCUT2D eigenvalue weighted by atomic mass is 16.2. The molecule has 0 aliphatic heterocycles. The maximum absolute atomic E-state index is 11.6. The third-order valence-corrected chi connectivity index (χ3v) is 2.88. The summed E-state index contributed by atoms with van der Waals surface area (Å²) < 4.78 is 0.